The van der Waals surface area contributed by atoms with Crippen LogP contribution in [0.1, 0.15) is 69.6 Å². The number of benzene rings is 2. The molecule has 4 rings (SSSR count). The Morgan fingerprint density at radius 3 is 1.93 bits per heavy atom. The number of halogens is 5. The minimum atomic E-state index is -3.10. The van der Waals surface area contributed by atoms with Crippen LogP contribution in [0.25, 0.3) is 6.08 Å². The molecule has 0 radical (unpaired) electrons. The number of carboxylic acids is 1. The first-order chi connectivity index (χ1) is 31.6. The van der Waals surface area contributed by atoms with E-state index < -0.39 is 30.2 Å². The van der Waals surface area contributed by atoms with Gasteiger partial charge in [-0.3, -0.25) is 33.4 Å². The number of nitrogens with two attached hydrogens (primary N) is 1. The number of rotatable bonds is 19. The van der Waals surface area contributed by atoms with E-state index in [1.54, 1.807) is 49.3 Å². The van der Waals surface area contributed by atoms with Gasteiger partial charge in [-0.15, -0.1) is 24.8 Å². The average molecular weight is 1050 g/mol. The molecule has 4 N–H and O–H groups in total. The third-order valence-corrected chi connectivity index (χ3v) is 12.0. The maximum absolute atomic E-state index is 12.7. The topological polar surface area (TPSA) is 214 Å². The highest BCUT2D eigenvalue weighted by Crippen LogP contribution is 2.37. The van der Waals surface area contributed by atoms with Crippen LogP contribution >= 0.6 is 65.4 Å². The van der Waals surface area contributed by atoms with Gasteiger partial charge in [0.1, 0.15) is 23.7 Å². The summed E-state index contributed by atoms with van der Waals surface area (Å²) in [6.07, 6.45) is 9.42. The number of aliphatic carboxylic acids is 1. The van der Waals surface area contributed by atoms with Crippen LogP contribution in [0.15, 0.2) is 77.9 Å². The highest BCUT2D eigenvalue weighted by Gasteiger charge is 2.39. The third-order valence-electron chi connectivity index (χ3n) is 9.66. The van der Waals surface area contributed by atoms with E-state index in [4.69, 9.17) is 83.2 Å². The van der Waals surface area contributed by atoms with Crippen LogP contribution in [-0.2, 0) is 55.6 Å². The summed E-state index contributed by atoms with van der Waals surface area (Å²) in [5.41, 5.74) is 10.4. The van der Waals surface area contributed by atoms with E-state index in [0.717, 1.165) is 42.5 Å². The molecule has 0 bridgehead atoms. The summed E-state index contributed by atoms with van der Waals surface area (Å²) in [4.78, 5) is 82.3. The van der Waals surface area contributed by atoms with E-state index in [1.165, 1.54) is 22.5 Å². The van der Waals surface area contributed by atoms with E-state index in [2.05, 4.69) is 27.0 Å². The van der Waals surface area contributed by atoms with Gasteiger partial charge in [0, 0.05) is 49.2 Å². The van der Waals surface area contributed by atoms with Gasteiger partial charge >= 0.3 is 11.9 Å². The van der Waals surface area contributed by atoms with Crippen molar-refractivity contribution in [2.24, 2.45) is 5.73 Å². The van der Waals surface area contributed by atoms with Crippen molar-refractivity contribution in [3.8, 4) is 0 Å². The van der Waals surface area contributed by atoms with Crippen molar-refractivity contribution < 1.29 is 52.8 Å². The van der Waals surface area contributed by atoms with Crippen LogP contribution in [-0.4, -0.2) is 114 Å². The first kappa shape index (κ1) is 61.0. The molecule has 2 atom stereocenters. The predicted molar refractivity (Wildman–Crippen MR) is 268 cm³/mol. The number of esters is 1. The Bertz CT molecular complexity index is 2120. The molecule has 2 unspecified atom stereocenters. The van der Waals surface area contributed by atoms with Gasteiger partial charge in [-0.05, 0) is 92.8 Å². The van der Waals surface area contributed by atoms with Crippen LogP contribution in [0.2, 0.25) is 5.02 Å². The van der Waals surface area contributed by atoms with Gasteiger partial charge in [0.05, 0.1) is 18.0 Å². The van der Waals surface area contributed by atoms with Crippen molar-refractivity contribution in [3.05, 3.63) is 99.6 Å². The van der Waals surface area contributed by atoms with Gasteiger partial charge in [0.2, 0.25) is 5.91 Å². The van der Waals surface area contributed by atoms with Crippen LogP contribution in [0, 0.1) is 0 Å². The molecule has 0 spiro atoms. The molecule has 2 aromatic carbocycles. The van der Waals surface area contributed by atoms with Crippen molar-refractivity contribution in [3.63, 3.8) is 0 Å². The number of carbonyl (C=O) groups excluding carboxylic acids is 5. The number of carbonyl (C=O) groups is 6. The maximum atomic E-state index is 12.7. The molecule has 21 heteroatoms. The number of hydrogen-bond donors (Lipinski definition) is 3. The second-order valence-electron chi connectivity index (χ2n) is 14.7. The maximum Gasteiger partial charge on any atom is 0.349 e. The van der Waals surface area contributed by atoms with Crippen LogP contribution in [0.4, 0.5) is 11.4 Å². The largest absolute Gasteiger partial charge is 0.480 e. The van der Waals surface area contributed by atoms with Gasteiger partial charge in [0.25, 0.3) is 17.7 Å². The molecule has 2 aromatic rings. The first-order valence-corrected chi connectivity index (χ1v) is 25.5. The van der Waals surface area contributed by atoms with Gasteiger partial charge in [-0.2, -0.15) is 0 Å². The third kappa shape index (κ3) is 19.9. The highest BCUT2D eigenvalue weighted by molar-refractivity contribution is 7.57. The first-order valence-electron chi connectivity index (χ1n) is 21.1. The van der Waals surface area contributed by atoms with E-state index in [1.807, 2.05) is 18.2 Å². The van der Waals surface area contributed by atoms with E-state index in [0.29, 0.717) is 53.4 Å². The minimum absolute atomic E-state index is 0.0371. The van der Waals surface area contributed by atoms with Gasteiger partial charge in [-0.1, -0.05) is 90.6 Å². The molecule has 1 aliphatic heterocycles. The Hall–Kier alpha value is -4.02. The Morgan fingerprint density at radius 1 is 0.970 bits per heavy atom. The molecule has 1 heterocycles. The van der Waals surface area contributed by atoms with E-state index in [9.17, 15) is 33.3 Å². The van der Waals surface area contributed by atoms with Gasteiger partial charge in [-0.25, -0.2) is 9.69 Å². The summed E-state index contributed by atoms with van der Waals surface area (Å²) < 4.78 is 20.6. The van der Waals surface area contributed by atoms with Gasteiger partial charge in [0.15, 0.2) is 12.2 Å². The van der Waals surface area contributed by atoms with Crippen LogP contribution in [0.5, 0.6) is 0 Å². The zero-order valence-corrected chi connectivity index (χ0v) is 43.0. The number of para-hydroxylation sites is 1. The number of nitrogens with zero attached hydrogens (tertiary/aromatic N) is 3. The number of carboxylic acid groups (broad SMARTS) is 1. The van der Waals surface area contributed by atoms with Crippen LogP contribution in [0.3, 0.4) is 0 Å². The van der Waals surface area contributed by atoms with E-state index >= 15 is 0 Å². The summed E-state index contributed by atoms with van der Waals surface area (Å²) >= 11 is 28.6. The number of hydrogen-bond acceptors (Lipinski definition) is 10. The molecule has 15 nitrogen and oxygen atoms in total. The normalized spacial score (nSPS) is 14.5. The van der Waals surface area contributed by atoms with Crippen molar-refractivity contribution in [1.29, 1.82) is 0 Å². The van der Waals surface area contributed by atoms with Crippen molar-refractivity contribution in [1.82, 2.24) is 4.90 Å². The molecule has 1 aliphatic carbocycles. The summed E-state index contributed by atoms with van der Waals surface area (Å²) in [5, 5.41) is 8.49. The fraction of sp³-hybridized carbons (Fsp3) is 0.435. The SMILES string of the molecule is C=CCN(CC=C)C(=O)C(Cl)Cl.CCOC(=O)/C(Cl)=C/c1cc(N2C(=O)C3=C(CCCC3)C2=O)ccc1Cl.CCc1cccc(CC)c1N(COC)C(=O)CCl.CP(=O)(O)CCC(N)C(=O)O. The fourth-order valence-electron chi connectivity index (χ4n) is 6.38. The summed E-state index contributed by atoms with van der Waals surface area (Å²) in [6, 6.07) is 9.81. The predicted octanol–water partition coefficient (Wildman–Crippen LogP) is 8.89. The molecule has 67 heavy (non-hydrogen) atoms. The molecule has 370 valence electrons. The summed E-state index contributed by atoms with van der Waals surface area (Å²) in [5.74, 6) is -2.85. The lowest BCUT2D eigenvalue weighted by Crippen LogP contribution is -2.35. The zero-order chi connectivity index (χ0) is 51.0. The lowest BCUT2D eigenvalue weighted by Gasteiger charge is -2.26. The number of anilines is 2. The molecule has 0 fully saturated rings. The Morgan fingerprint density at radius 2 is 1.51 bits per heavy atom. The average Bonchev–Trinajstić information content (AvgIpc) is 3.55. The second-order valence-corrected chi connectivity index (χ2v) is 19.4. The fourth-order valence-corrected chi connectivity index (χ4v) is 7.90. The molecule has 0 saturated carbocycles. The highest BCUT2D eigenvalue weighted by atomic mass is 35.5. The standard InChI is InChI=1S/C19H17Cl2NO4.C14H20ClNO2.C8H11Cl2NO.C5H12NO4P/c1-2-26-19(25)16(21)10-11-9-12(7-8-15(11)20)22-17(23)13-5-3-4-6-14(13)18(22)24;1-4-11-7-6-8-12(5-2)14(11)16(10-18-3)13(17)9-15;1-3-5-11(6-4-2)8(12)7(9)10;1-11(9,10)3-2-4(6)5(7)8/h7-10H,2-6H2,1H3;6-8H,4-5,9-10H2,1-3H3;3-4,7H,1-2,5-6H2;4H,2-3,6H2,1H3,(H,7,8)(H,9,10)/b16-10-;;;. The van der Waals surface area contributed by atoms with Gasteiger partial charge < -0.3 is 30.1 Å². The molecular weight excluding hydrogens is 993 g/mol. The van der Waals surface area contributed by atoms with Crippen molar-refractivity contribution in [2.75, 3.05) is 62.0 Å². The van der Waals surface area contributed by atoms with Crippen molar-refractivity contribution >= 4 is 118 Å². The molecule has 0 aromatic heterocycles. The smallest absolute Gasteiger partial charge is 0.349 e. The molecule has 2 aliphatic rings. The second kappa shape index (κ2) is 31.2. The number of ether oxygens (including phenoxy) is 2. The Balaban J connectivity index is 0.000000479. The lowest BCUT2D eigenvalue weighted by molar-refractivity contribution is -0.139. The number of alkyl halides is 3. The quantitative estimate of drug-likeness (QED) is 0.0229. The number of amides is 4. The Labute approximate surface area is 417 Å². The summed E-state index contributed by atoms with van der Waals surface area (Å²) in [6.45, 7) is 15.3. The van der Waals surface area contributed by atoms with E-state index in [-0.39, 0.29) is 60.5 Å². The zero-order valence-electron chi connectivity index (χ0n) is 38.3. The molecular formula is C46H60Cl5N4O11P. The van der Waals surface area contributed by atoms with Crippen molar-refractivity contribution in [2.45, 2.75) is 76.6 Å². The number of aryl methyl sites for hydroxylation is 2. The lowest BCUT2D eigenvalue weighted by atomic mass is 9.93. The monoisotopic (exact) mass is 1050 g/mol. The number of methoxy groups -OCH3 is 1. The number of imide groups is 1. The van der Waals surface area contributed by atoms with Crippen LogP contribution < -0.4 is 15.5 Å². The Kier molecular flexibility index (Phi) is 28.4. The minimum Gasteiger partial charge on any atom is -0.480 e. The summed E-state index contributed by atoms with van der Waals surface area (Å²) in [7, 11) is -1.52. The molecule has 4 amide bonds. The molecule has 0 saturated heterocycles.